The van der Waals surface area contributed by atoms with Crippen LogP contribution >= 0.6 is 11.8 Å². The van der Waals surface area contributed by atoms with E-state index >= 15 is 0 Å². The Morgan fingerprint density at radius 2 is 1.70 bits per heavy atom. The zero-order valence-corrected chi connectivity index (χ0v) is 31.0. The van der Waals surface area contributed by atoms with Crippen LogP contribution in [0.5, 0.6) is 5.75 Å². The first-order valence-corrected chi connectivity index (χ1v) is 18.1. The number of carboxylic acids is 1. The van der Waals surface area contributed by atoms with Gasteiger partial charge in [-0.25, -0.2) is 4.98 Å². The molecule has 0 spiro atoms. The molecule has 5 aromatic rings. The molecule has 0 amide bonds. The first-order chi connectivity index (χ1) is 19.9. The number of ether oxygens (including phenoxy) is 1. The normalized spacial score (nSPS) is 12.0. The number of fused-ring (bicyclic) bond motifs is 2. The van der Waals surface area contributed by atoms with E-state index in [-0.39, 0.29) is 55.5 Å². The van der Waals surface area contributed by atoms with Crippen LogP contribution in [0, 0.1) is 8.99 Å². The molecule has 2 aromatic heterocycles. The maximum absolute atomic E-state index is 12.2. The second-order valence-electron chi connectivity index (χ2n) is 12.2. The first-order valence-electron chi connectivity index (χ1n) is 14.0. The molecule has 0 unspecified atom stereocenters. The van der Waals surface area contributed by atoms with Crippen LogP contribution in [-0.2, 0) is 24.4 Å². The fraction of sp³-hybridized carbons (Fsp3) is 0.314. The Kier molecular flexibility index (Phi) is 11.0. The number of pyridine rings is 1. The van der Waals surface area contributed by atoms with Crippen LogP contribution in [0.15, 0.2) is 83.8 Å². The van der Waals surface area contributed by atoms with E-state index in [0.29, 0.717) is 19.6 Å². The van der Waals surface area contributed by atoms with Crippen molar-refractivity contribution in [3.8, 4) is 5.75 Å². The number of benzene rings is 3. The first kappa shape index (κ1) is 33.8. The number of hydrogen-bond donors (Lipinski definition) is 0. The van der Waals surface area contributed by atoms with Gasteiger partial charge in [-0.05, 0) is 12.1 Å². The molecule has 43 heavy (non-hydrogen) atoms. The molecule has 0 aliphatic heterocycles. The molecule has 8 heteroatoms. The van der Waals surface area contributed by atoms with E-state index in [0.717, 1.165) is 43.8 Å². The number of carboxylic acid groups (broad SMARTS) is 1. The number of aromatic nitrogens is 2. The summed E-state index contributed by atoms with van der Waals surface area (Å²) >= 11 is 1.80. The smallest absolute Gasteiger partial charge is 1.00 e. The van der Waals surface area contributed by atoms with Crippen molar-refractivity contribution in [2.24, 2.45) is 5.41 Å². The molecule has 2 heterocycles. The Morgan fingerprint density at radius 3 is 2.37 bits per heavy atom. The summed E-state index contributed by atoms with van der Waals surface area (Å²) in [5.74, 6) is -0.290. The number of carbonyl (C=O) groups is 1. The summed E-state index contributed by atoms with van der Waals surface area (Å²) in [6.45, 7) is 11.1. The van der Waals surface area contributed by atoms with Crippen molar-refractivity contribution in [1.82, 2.24) is 9.55 Å². The van der Waals surface area contributed by atoms with E-state index in [1.54, 1.807) is 25.6 Å². The number of carbonyl (C=O) groups excluding carboxylic acids is 1. The van der Waals surface area contributed by atoms with Crippen molar-refractivity contribution >= 4 is 39.5 Å². The van der Waals surface area contributed by atoms with Gasteiger partial charge in [-0.3, -0.25) is 0 Å². The van der Waals surface area contributed by atoms with E-state index in [1.807, 2.05) is 30.3 Å². The maximum atomic E-state index is 12.2. The molecule has 0 saturated heterocycles. The molecule has 5 nitrogen and oxygen atoms in total. The number of thioether (sulfide) groups is 1. The number of aliphatic carboxylic acids is 1. The maximum Gasteiger partial charge on any atom is 1.00 e. The molecule has 0 aliphatic rings. The van der Waals surface area contributed by atoms with Crippen LogP contribution in [0.2, 0.25) is 0 Å². The summed E-state index contributed by atoms with van der Waals surface area (Å²) in [6, 6.07) is 27.2. The van der Waals surface area contributed by atoms with Gasteiger partial charge in [0.2, 0.25) is 0 Å². The van der Waals surface area contributed by atoms with E-state index < -0.39 is 11.4 Å². The van der Waals surface area contributed by atoms with Gasteiger partial charge in [-0.1, -0.05) is 24.3 Å². The van der Waals surface area contributed by atoms with E-state index in [1.165, 1.54) is 9.13 Å². The summed E-state index contributed by atoms with van der Waals surface area (Å²) in [7, 11) is 0. The Balaban J connectivity index is 0.00000423. The van der Waals surface area contributed by atoms with Crippen LogP contribution in [0.3, 0.4) is 0 Å². The van der Waals surface area contributed by atoms with Crippen molar-refractivity contribution < 1.29 is 65.4 Å². The standard InChI is InChI=1S/C35H38IN2O3S.Na/c1-34(2,3)42-32-28-19-27(41-22-26-16-13-24-9-7-8-10-29(24)37-26)17-18-30(28)38(31(32)20-35(4,5)33(39)40)21-23-11-14-25(36-6)15-12-23;/h7-19H,20-22H2,1-6H3,(H,39,40);/q-1;+1/p-1. The van der Waals surface area contributed by atoms with Gasteiger partial charge in [-0.15, -0.1) is 0 Å². The molecule has 0 saturated carbocycles. The van der Waals surface area contributed by atoms with Gasteiger partial charge >= 0.3 is 236 Å². The number of rotatable bonds is 10. The molecule has 3 aromatic carbocycles. The van der Waals surface area contributed by atoms with Gasteiger partial charge in [0, 0.05) is 5.39 Å². The second kappa shape index (κ2) is 13.9. The zero-order valence-electron chi connectivity index (χ0n) is 26.0. The number of para-hydroxylation sites is 1. The largest absolute Gasteiger partial charge is 1.00 e. The molecule has 0 radical (unpaired) electrons. The molecule has 5 rings (SSSR count). The third-order valence-electron chi connectivity index (χ3n) is 7.18. The van der Waals surface area contributed by atoms with Crippen LogP contribution < -0.4 is 60.6 Å². The molecular weight excluding hydrogens is 678 g/mol. The van der Waals surface area contributed by atoms with Crippen LogP contribution in [-0.4, -0.2) is 25.2 Å². The summed E-state index contributed by atoms with van der Waals surface area (Å²) in [6.07, 6.45) is 0.359. The van der Waals surface area contributed by atoms with Crippen molar-refractivity contribution in [3.05, 3.63) is 99.4 Å². The van der Waals surface area contributed by atoms with Crippen molar-refractivity contribution in [3.63, 3.8) is 0 Å². The minimum absolute atomic E-state index is 0. The van der Waals surface area contributed by atoms with Gasteiger partial charge in [0.1, 0.15) is 0 Å². The van der Waals surface area contributed by atoms with Crippen molar-refractivity contribution in [2.45, 2.75) is 63.8 Å². The fourth-order valence-electron chi connectivity index (χ4n) is 4.96. The Hall–Kier alpha value is -2.04. The Bertz CT molecular complexity index is 1740. The summed E-state index contributed by atoms with van der Waals surface area (Å²) in [5.41, 5.74) is 4.05. The third kappa shape index (κ3) is 8.17. The van der Waals surface area contributed by atoms with Crippen LogP contribution in [0.1, 0.15) is 51.6 Å². The molecule has 0 atom stereocenters. The van der Waals surface area contributed by atoms with Gasteiger partial charge in [0.15, 0.2) is 0 Å². The second-order valence-corrected chi connectivity index (χ2v) is 16.4. The fourth-order valence-corrected chi connectivity index (χ4v) is 7.22. The zero-order chi connectivity index (χ0) is 30.1. The van der Waals surface area contributed by atoms with E-state index in [9.17, 15) is 9.90 Å². The average molecular weight is 716 g/mol. The number of halogens is 1. The molecule has 220 valence electrons. The number of alkyl halides is 1. The summed E-state index contributed by atoms with van der Waals surface area (Å²) < 4.78 is 9.89. The third-order valence-corrected chi connectivity index (χ3v) is 10.4. The van der Waals surface area contributed by atoms with E-state index in [2.05, 4.69) is 78.8 Å². The van der Waals surface area contributed by atoms with Gasteiger partial charge in [-0.2, -0.15) is 0 Å². The molecule has 0 fully saturated rings. The van der Waals surface area contributed by atoms with Crippen molar-refractivity contribution in [2.75, 3.05) is 4.93 Å². The summed E-state index contributed by atoms with van der Waals surface area (Å²) in [4.78, 5) is 20.3. The summed E-state index contributed by atoms with van der Waals surface area (Å²) in [5, 5.41) is 14.4. The van der Waals surface area contributed by atoms with Gasteiger partial charge in [0.05, 0.1) is 11.2 Å². The van der Waals surface area contributed by atoms with Crippen molar-refractivity contribution in [1.29, 1.82) is 0 Å². The minimum Gasteiger partial charge on any atom is 1.00 e. The monoisotopic (exact) mass is 715 g/mol. The molecular formula is C35H37IN2NaO3S-. The van der Waals surface area contributed by atoms with Crippen LogP contribution in [0.4, 0.5) is 0 Å². The molecule has 0 aliphatic carbocycles. The predicted molar refractivity (Wildman–Crippen MR) is 166 cm³/mol. The Labute approximate surface area is 291 Å². The van der Waals surface area contributed by atoms with Gasteiger partial charge < -0.3 is 0 Å². The number of nitrogens with zero attached hydrogens (tertiary/aromatic N) is 2. The topological polar surface area (TPSA) is 67.2 Å². The Morgan fingerprint density at radius 1 is 0.977 bits per heavy atom. The predicted octanol–water partition coefficient (Wildman–Crippen LogP) is 0.918. The SMILES string of the molecule is C[I-]c1ccc(Cn2c(CC(C)(C)C(=O)[O-])c(SC(C)(C)C)c3cc(OCc4ccc5ccccc5n4)ccc32)cc1.[Na+]. The van der Waals surface area contributed by atoms with Crippen LogP contribution in [0.25, 0.3) is 21.8 Å². The van der Waals surface area contributed by atoms with Gasteiger partial charge in [0.25, 0.3) is 0 Å². The average Bonchev–Trinajstić information content (AvgIpc) is 3.21. The quantitative estimate of drug-likeness (QED) is 0.0933. The number of hydrogen-bond acceptors (Lipinski definition) is 5. The van der Waals surface area contributed by atoms with E-state index in [4.69, 9.17) is 9.72 Å². The molecule has 0 bridgehead atoms. The molecule has 0 N–H and O–H groups in total. The minimum atomic E-state index is -1.05.